The largest absolute Gasteiger partial charge is 0.507 e. The topological polar surface area (TPSA) is 79.7 Å². The molecule has 0 radical (unpaired) electrons. The second kappa shape index (κ2) is 7.87. The van der Waals surface area contributed by atoms with E-state index in [1.54, 1.807) is 47.6 Å². The van der Waals surface area contributed by atoms with Crippen molar-refractivity contribution in [2.75, 3.05) is 7.11 Å². The third kappa shape index (κ3) is 3.38. The van der Waals surface area contributed by atoms with Crippen LogP contribution in [0, 0.1) is 0 Å². The number of likely N-dealkylation sites (tertiary alicyclic amines) is 1. The molecule has 1 saturated heterocycles. The third-order valence-corrected chi connectivity index (χ3v) is 5.96. The second-order valence-electron chi connectivity index (χ2n) is 7.27. The van der Waals surface area contributed by atoms with Crippen LogP contribution in [0.4, 0.5) is 0 Å². The van der Waals surface area contributed by atoms with Crippen LogP contribution in [-0.4, -0.2) is 39.8 Å². The monoisotopic (exact) mass is 412 g/mol. The zero-order chi connectivity index (χ0) is 20.5. The summed E-state index contributed by atoms with van der Waals surface area (Å²) in [7, 11) is 1.47. The van der Waals surface area contributed by atoms with E-state index in [0.717, 1.165) is 31.2 Å². The smallest absolute Gasteiger partial charge is 0.295 e. The van der Waals surface area contributed by atoms with E-state index in [1.165, 1.54) is 7.11 Å². The molecule has 1 aromatic heterocycles. The van der Waals surface area contributed by atoms with Crippen molar-refractivity contribution < 1.29 is 19.4 Å². The summed E-state index contributed by atoms with van der Waals surface area (Å²) >= 11 is 6.09. The molecule has 2 heterocycles. The first-order chi connectivity index (χ1) is 14.0. The fraction of sp³-hybridized carbons (Fsp3) is 0.318. The van der Waals surface area contributed by atoms with E-state index in [2.05, 4.69) is 4.98 Å². The van der Waals surface area contributed by atoms with Crippen molar-refractivity contribution >= 4 is 29.1 Å². The number of methoxy groups -OCH3 is 1. The van der Waals surface area contributed by atoms with E-state index in [4.69, 9.17) is 16.3 Å². The first kappa shape index (κ1) is 19.5. The Bertz CT molecular complexity index is 984. The van der Waals surface area contributed by atoms with Crippen LogP contribution in [0.25, 0.3) is 5.76 Å². The normalized spacial score (nSPS) is 21.7. The zero-order valence-electron chi connectivity index (χ0n) is 16.0. The lowest BCUT2D eigenvalue weighted by atomic mass is 9.95. The summed E-state index contributed by atoms with van der Waals surface area (Å²) in [5.74, 6) is -1.10. The number of halogens is 1. The average Bonchev–Trinajstić information content (AvgIpc) is 3.35. The van der Waals surface area contributed by atoms with Crippen molar-refractivity contribution in [3.63, 3.8) is 0 Å². The lowest BCUT2D eigenvalue weighted by Gasteiger charge is -2.30. The van der Waals surface area contributed by atoms with Crippen LogP contribution in [0.5, 0.6) is 5.75 Å². The van der Waals surface area contributed by atoms with Gasteiger partial charge in [0.25, 0.3) is 11.7 Å². The van der Waals surface area contributed by atoms with Gasteiger partial charge in [-0.1, -0.05) is 24.4 Å². The average molecular weight is 413 g/mol. The molecule has 1 atom stereocenters. The second-order valence-corrected chi connectivity index (χ2v) is 7.68. The van der Waals surface area contributed by atoms with E-state index < -0.39 is 17.7 Å². The summed E-state index contributed by atoms with van der Waals surface area (Å²) in [5.41, 5.74) is 1.20. The van der Waals surface area contributed by atoms with Crippen molar-refractivity contribution in [3.8, 4) is 5.75 Å². The number of nitrogens with zero attached hydrogens (tertiary/aromatic N) is 2. The molecule has 1 N–H and O–H groups in total. The van der Waals surface area contributed by atoms with Crippen LogP contribution in [0.15, 0.2) is 48.3 Å². The van der Waals surface area contributed by atoms with Crippen LogP contribution < -0.4 is 4.74 Å². The van der Waals surface area contributed by atoms with Crippen LogP contribution in [0.2, 0.25) is 5.02 Å². The number of amides is 1. The minimum Gasteiger partial charge on any atom is -0.507 e. The van der Waals surface area contributed by atoms with Gasteiger partial charge in [0.1, 0.15) is 11.5 Å². The van der Waals surface area contributed by atoms with E-state index >= 15 is 0 Å². The Labute approximate surface area is 173 Å². The molecule has 4 rings (SSSR count). The Morgan fingerprint density at radius 1 is 1.17 bits per heavy atom. The Morgan fingerprint density at radius 2 is 1.86 bits per heavy atom. The number of carbonyl (C=O) groups is 2. The van der Waals surface area contributed by atoms with Crippen molar-refractivity contribution in [2.24, 2.45) is 0 Å². The highest BCUT2D eigenvalue weighted by molar-refractivity contribution is 6.46. The van der Waals surface area contributed by atoms with Crippen molar-refractivity contribution in [3.05, 3.63) is 64.4 Å². The highest BCUT2D eigenvalue weighted by Crippen LogP contribution is 2.43. The molecule has 29 heavy (non-hydrogen) atoms. The van der Waals surface area contributed by atoms with Crippen LogP contribution >= 0.6 is 11.6 Å². The number of carbonyl (C=O) groups excluding carboxylic acids is 2. The quantitative estimate of drug-likeness (QED) is 0.464. The molecule has 2 fully saturated rings. The zero-order valence-corrected chi connectivity index (χ0v) is 16.7. The molecule has 0 spiro atoms. The maximum atomic E-state index is 13.0. The summed E-state index contributed by atoms with van der Waals surface area (Å²) in [6.07, 6.45) is 6.98. The summed E-state index contributed by atoms with van der Waals surface area (Å²) in [4.78, 5) is 31.7. The van der Waals surface area contributed by atoms with Crippen molar-refractivity contribution in [1.29, 1.82) is 0 Å². The molecular formula is C22H21ClN2O4. The van der Waals surface area contributed by atoms with Gasteiger partial charge in [-0.25, -0.2) is 0 Å². The van der Waals surface area contributed by atoms with Crippen LogP contribution in [-0.2, 0) is 9.59 Å². The molecule has 6 nitrogen and oxygen atoms in total. The van der Waals surface area contributed by atoms with E-state index in [0.29, 0.717) is 16.3 Å². The number of aromatic nitrogens is 1. The maximum absolute atomic E-state index is 13.0. The first-order valence-corrected chi connectivity index (χ1v) is 9.94. The molecular weight excluding hydrogens is 392 g/mol. The van der Waals surface area contributed by atoms with Gasteiger partial charge in [0.05, 0.1) is 23.7 Å². The minimum atomic E-state index is -0.676. The van der Waals surface area contributed by atoms with Crippen LogP contribution in [0.1, 0.15) is 42.9 Å². The Hall–Kier alpha value is -2.86. The van der Waals surface area contributed by atoms with Gasteiger partial charge in [0, 0.05) is 24.0 Å². The van der Waals surface area contributed by atoms with Gasteiger partial charge in [-0.15, -0.1) is 0 Å². The number of pyridine rings is 1. The molecule has 150 valence electrons. The number of hydrogen-bond donors (Lipinski definition) is 1. The predicted molar refractivity (Wildman–Crippen MR) is 109 cm³/mol. The van der Waals surface area contributed by atoms with Crippen molar-refractivity contribution in [1.82, 2.24) is 9.88 Å². The van der Waals surface area contributed by atoms with Gasteiger partial charge < -0.3 is 14.7 Å². The number of aliphatic hydroxyl groups excluding tert-OH is 1. The van der Waals surface area contributed by atoms with E-state index in [-0.39, 0.29) is 17.4 Å². The molecule has 2 aliphatic rings. The highest BCUT2D eigenvalue weighted by atomic mass is 35.5. The van der Waals surface area contributed by atoms with Crippen LogP contribution in [0.3, 0.4) is 0 Å². The molecule has 7 heteroatoms. The molecule has 2 aromatic rings. The van der Waals surface area contributed by atoms with Gasteiger partial charge in [-0.05, 0) is 48.7 Å². The number of benzene rings is 1. The van der Waals surface area contributed by atoms with E-state index in [1.807, 2.05) is 0 Å². The summed E-state index contributed by atoms with van der Waals surface area (Å²) in [6, 6.07) is 7.63. The maximum Gasteiger partial charge on any atom is 0.295 e. The van der Waals surface area contributed by atoms with Gasteiger partial charge in [0.2, 0.25) is 0 Å². The summed E-state index contributed by atoms with van der Waals surface area (Å²) < 4.78 is 5.22. The SMILES string of the molecule is COc1cc(/C(O)=C2/C(=O)C(=O)N(C3CCCC3)C2c2ccncc2)ccc1Cl. The molecule has 1 amide bonds. The Kier molecular flexibility index (Phi) is 5.28. The Balaban J connectivity index is 1.88. The number of Topliss-reactive ketones (excluding diaryl/α,β-unsaturated/α-hetero) is 1. The highest BCUT2D eigenvalue weighted by Gasteiger charge is 2.49. The van der Waals surface area contributed by atoms with Gasteiger partial charge in [-0.3, -0.25) is 14.6 Å². The molecule has 1 aromatic carbocycles. The van der Waals surface area contributed by atoms with Gasteiger partial charge >= 0.3 is 0 Å². The lowest BCUT2D eigenvalue weighted by molar-refractivity contribution is -0.141. The summed E-state index contributed by atoms with van der Waals surface area (Å²) in [5, 5.41) is 11.5. The number of rotatable bonds is 4. The standard InChI is InChI=1S/C22H21ClN2O4/c1-29-17-12-14(6-7-16(17)23)20(26)18-19(13-8-10-24-11-9-13)25(22(28)21(18)27)15-4-2-3-5-15/h6-12,15,19,26H,2-5H2,1H3/b20-18-. The first-order valence-electron chi connectivity index (χ1n) is 9.57. The number of hydrogen-bond acceptors (Lipinski definition) is 5. The van der Waals surface area contributed by atoms with Gasteiger partial charge in [0.15, 0.2) is 0 Å². The molecule has 1 aliphatic heterocycles. The third-order valence-electron chi connectivity index (χ3n) is 5.64. The predicted octanol–water partition coefficient (Wildman–Crippen LogP) is 4.11. The lowest BCUT2D eigenvalue weighted by Crippen LogP contribution is -2.37. The fourth-order valence-corrected chi connectivity index (χ4v) is 4.44. The molecule has 1 unspecified atom stereocenters. The molecule has 1 saturated carbocycles. The van der Waals surface area contributed by atoms with Crippen molar-refractivity contribution in [2.45, 2.75) is 37.8 Å². The van der Waals surface area contributed by atoms with Gasteiger partial charge in [-0.2, -0.15) is 0 Å². The number of ether oxygens (including phenoxy) is 1. The number of aliphatic hydroxyl groups is 1. The summed E-state index contributed by atoms with van der Waals surface area (Å²) in [6.45, 7) is 0. The number of ketones is 1. The fourth-order valence-electron chi connectivity index (χ4n) is 4.24. The molecule has 1 aliphatic carbocycles. The van der Waals surface area contributed by atoms with E-state index in [9.17, 15) is 14.7 Å². The molecule has 0 bridgehead atoms. The minimum absolute atomic E-state index is 0.0188. The Morgan fingerprint density at radius 3 is 2.52 bits per heavy atom.